The van der Waals surface area contributed by atoms with Crippen molar-refractivity contribution in [3.63, 3.8) is 0 Å². The first kappa shape index (κ1) is 17.8. The molecule has 1 aromatic heterocycles. The van der Waals surface area contributed by atoms with E-state index < -0.39 is 0 Å². The number of rotatable bonds is 5. The molecule has 0 saturated carbocycles. The number of thioether (sulfide) groups is 1. The maximum absolute atomic E-state index is 12.6. The van der Waals surface area contributed by atoms with Gasteiger partial charge in [-0.1, -0.05) is 11.8 Å². The summed E-state index contributed by atoms with van der Waals surface area (Å²) in [5.41, 5.74) is 0.935. The van der Waals surface area contributed by atoms with E-state index in [0.717, 1.165) is 24.2 Å². The van der Waals surface area contributed by atoms with Crippen LogP contribution in [0, 0.1) is 0 Å². The van der Waals surface area contributed by atoms with Crippen molar-refractivity contribution in [1.29, 1.82) is 0 Å². The fraction of sp³-hybridized carbons (Fsp3) is 0.500. The van der Waals surface area contributed by atoms with Crippen molar-refractivity contribution < 1.29 is 9.53 Å². The third-order valence-electron chi connectivity index (χ3n) is 4.63. The van der Waals surface area contributed by atoms with Crippen molar-refractivity contribution in [1.82, 2.24) is 20.1 Å². The lowest BCUT2D eigenvalue weighted by Crippen LogP contribution is -2.48. The Morgan fingerprint density at radius 3 is 2.60 bits per heavy atom. The second-order valence-corrected chi connectivity index (χ2v) is 7.36. The Morgan fingerprint density at radius 1 is 1.28 bits per heavy atom. The molecule has 7 heteroatoms. The number of aromatic nitrogens is 3. The van der Waals surface area contributed by atoms with Crippen LogP contribution in [0.5, 0.6) is 5.75 Å². The molecule has 0 spiro atoms. The maximum Gasteiger partial charge on any atom is 0.233 e. The number of benzene rings is 1. The first-order chi connectivity index (χ1) is 12.1. The predicted molar refractivity (Wildman–Crippen MR) is 98.7 cm³/mol. The first-order valence-corrected chi connectivity index (χ1v) is 9.58. The van der Waals surface area contributed by atoms with Crippen LogP contribution in [0.3, 0.4) is 0 Å². The third kappa shape index (κ3) is 4.15. The number of piperidine rings is 1. The van der Waals surface area contributed by atoms with Crippen LogP contribution >= 0.6 is 11.8 Å². The SMILES string of the molecule is COc1ccc(-c2nc(SCC(=O)N3[C@H](C)CCC[C@H]3C)n[nH]2)cc1. The molecule has 0 radical (unpaired) electrons. The van der Waals surface area contributed by atoms with E-state index in [9.17, 15) is 4.79 Å². The molecule has 1 saturated heterocycles. The van der Waals surface area contributed by atoms with Gasteiger partial charge in [-0.3, -0.25) is 9.89 Å². The Labute approximate surface area is 152 Å². The average Bonchev–Trinajstić information content (AvgIpc) is 3.09. The van der Waals surface area contributed by atoms with Gasteiger partial charge in [-0.05, 0) is 57.4 Å². The van der Waals surface area contributed by atoms with Gasteiger partial charge >= 0.3 is 0 Å². The Morgan fingerprint density at radius 2 is 1.96 bits per heavy atom. The second-order valence-electron chi connectivity index (χ2n) is 6.41. The molecule has 2 atom stereocenters. The number of hydrogen-bond donors (Lipinski definition) is 1. The molecule has 2 aromatic rings. The molecule has 1 N–H and O–H groups in total. The maximum atomic E-state index is 12.6. The lowest BCUT2D eigenvalue weighted by atomic mass is 9.98. The van der Waals surface area contributed by atoms with Gasteiger partial charge in [-0.2, -0.15) is 0 Å². The highest BCUT2D eigenvalue weighted by molar-refractivity contribution is 7.99. The Kier molecular flexibility index (Phi) is 5.63. The number of aromatic amines is 1. The Bertz CT molecular complexity index is 706. The van der Waals surface area contributed by atoms with E-state index in [2.05, 4.69) is 29.0 Å². The van der Waals surface area contributed by atoms with Crippen molar-refractivity contribution >= 4 is 17.7 Å². The van der Waals surface area contributed by atoms with E-state index in [4.69, 9.17) is 4.74 Å². The molecule has 134 valence electrons. The number of ether oxygens (including phenoxy) is 1. The molecule has 1 aliphatic heterocycles. The predicted octanol–water partition coefficient (Wildman–Crippen LogP) is 3.36. The van der Waals surface area contributed by atoms with E-state index >= 15 is 0 Å². The fourth-order valence-corrected chi connectivity index (χ4v) is 3.97. The molecular weight excluding hydrogens is 336 g/mol. The number of methoxy groups -OCH3 is 1. The van der Waals surface area contributed by atoms with Gasteiger partial charge in [0.1, 0.15) is 5.75 Å². The molecule has 1 aromatic carbocycles. The number of likely N-dealkylation sites (tertiary alicyclic amines) is 1. The standard InChI is InChI=1S/C18H24N4O2S/c1-12-5-4-6-13(2)22(12)16(23)11-25-18-19-17(20-21-18)14-7-9-15(24-3)10-8-14/h7-10,12-13H,4-6,11H2,1-3H3,(H,19,20,21)/t12-,13-/m1/s1. The minimum Gasteiger partial charge on any atom is -0.497 e. The Hall–Kier alpha value is -2.02. The van der Waals surface area contributed by atoms with Crippen molar-refractivity contribution in [3.05, 3.63) is 24.3 Å². The summed E-state index contributed by atoms with van der Waals surface area (Å²) in [4.78, 5) is 19.1. The molecule has 25 heavy (non-hydrogen) atoms. The number of carbonyl (C=O) groups is 1. The summed E-state index contributed by atoms with van der Waals surface area (Å²) >= 11 is 1.38. The van der Waals surface area contributed by atoms with Crippen LogP contribution in [-0.2, 0) is 4.79 Å². The molecular formula is C18H24N4O2S. The molecule has 6 nitrogen and oxygen atoms in total. The van der Waals surface area contributed by atoms with Gasteiger partial charge in [0.2, 0.25) is 11.1 Å². The molecule has 2 heterocycles. The zero-order valence-electron chi connectivity index (χ0n) is 14.9. The average molecular weight is 360 g/mol. The van der Waals surface area contributed by atoms with E-state index in [0.29, 0.717) is 28.8 Å². The summed E-state index contributed by atoms with van der Waals surface area (Å²) in [5, 5.41) is 7.74. The zero-order valence-corrected chi connectivity index (χ0v) is 15.7. The topological polar surface area (TPSA) is 71.1 Å². The monoisotopic (exact) mass is 360 g/mol. The highest BCUT2D eigenvalue weighted by Crippen LogP contribution is 2.25. The largest absolute Gasteiger partial charge is 0.497 e. The summed E-state index contributed by atoms with van der Waals surface area (Å²) in [5.74, 6) is 2.03. The van der Waals surface area contributed by atoms with Crippen molar-refractivity contribution in [2.45, 2.75) is 50.4 Å². The van der Waals surface area contributed by atoms with Crippen LogP contribution in [0.1, 0.15) is 33.1 Å². The van der Waals surface area contributed by atoms with Gasteiger partial charge in [-0.25, -0.2) is 4.98 Å². The van der Waals surface area contributed by atoms with Crippen LogP contribution in [0.4, 0.5) is 0 Å². The highest BCUT2D eigenvalue weighted by atomic mass is 32.2. The zero-order chi connectivity index (χ0) is 17.8. The number of nitrogens with one attached hydrogen (secondary N) is 1. The lowest BCUT2D eigenvalue weighted by Gasteiger charge is -2.39. The summed E-state index contributed by atoms with van der Waals surface area (Å²) in [6.45, 7) is 4.26. The van der Waals surface area contributed by atoms with Gasteiger partial charge in [0.05, 0.1) is 12.9 Å². The van der Waals surface area contributed by atoms with E-state index in [-0.39, 0.29) is 5.91 Å². The third-order valence-corrected chi connectivity index (χ3v) is 5.47. The molecule has 0 bridgehead atoms. The number of carbonyl (C=O) groups excluding carboxylic acids is 1. The van der Waals surface area contributed by atoms with Gasteiger partial charge in [0.25, 0.3) is 0 Å². The van der Waals surface area contributed by atoms with Gasteiger partial charge in [0, 0.05) is 17.6 Å². The minimum atomic E-state index is 0.167. The van der Waals surface area contributed by atoms with Crippen molar-refractivity contribution in [2.24, 2.45) is 0 Å². The number of hydrogen-bond acceptors (Lipinski definition) is 5. The van der Waals surface area contributed by atoms with Crippen LogP contribution in [-0.4, -0.2) is 50.9 Å². The number of H-pyrrole nitrogens is 1. The van der Waals surface area contributed by atoms with Crippen LogP contribution in [0.25, 0.3) is 11.4 Å². The van der Waals surface area contributed by atoms with E-state index in [1.165, 1.54) is 18.2 Å². The van der Waals surface area contributed by atoms with E-state index in [1.807, 2.05) is 29.2 Å². The minimum absolute atomic E-state index is 0.167. The second kappa shape index (κ2) is 7.91. The van der Waals surface area contributed by atoms with Crippen molar-refractivity contribution in [2.75, 3.05) is 12.9 Å². The molecule has 1 amide bonds. The first-order valence-electron chi connectivity index (χ1n) is 8.59. The molecule has 3 rings (SSSR count). The van der Waals surface area contributed by atoms with Crippen molar-refractivity contribution in [3.8, 4) is 17.1 Å². The lowest BCUT2D eigenvalue weighted by molar-refractivity contribution is -0.134. The molecule has 0 unspecified atom stereocenters. The summed E-state index contributed by atoms with van der Waals surface area (Å²) in [6.07, 6.45) is 3.37. The fourth-order valence-electron chi connectivity index (χ4n) is 3.30. The Balaban J connectivity index is 1.60. The summed E-state index contributed by atoms with van der Waals surface area (Å²) in [7, 11) is 1.64. The molecule has 0 aliphatic carbocycles. The summed E-state index contributed by atoms with van der Waals surface area (Å²) in [6, 6.07) is 8.25. The van der Waals surface area contributed by atoms with Crippen LogP contribution < -0.4 is 4.74 Å². The van der Waals surface area contributed by atoms with Gasteiger partial charge < -0.3 is 9.64 Å². The normalized spacial score (nSPS) is 20.5. The quantitative estimate of drug-likeness (QED) is 0.828. The van der Waals surface area contributed by atoms with Crippen LogP contribution in [0.2, 0.25) is 0 Å². The highest BCUT2D eigenvalue weighted by Gasteiger charge is 2.28. The van der Waals surface area contributed by atoms with Crippen LogP contribution in [0.15, 0.2) is 29.4 Å². The number of nitrogens with zero attached hydrogens (tertiary/aromatic N) is 3. The number of amides is 1. The van der Waals surface area contributed by atoms with Gasteiger partial charge in [0.15, 0.2) is 5.82 Å². The van der Waals surface area contributed by atoms with E-state index in [1.54, 1.807) is 7.11 Å². The van der Waals surface area contributed by atoms with Gasteiger partial charge in [-0.15, -0.1) is 5.10 Å². The molecule has 1 aliphatic rings. The smallest absolute Gasteiger partial charge is 0.233 e. The summed E-state index contributed by atoms with van der Waals surface area (Å²) < 4.78 is 5.16. The molecule has 1 fully saturated rings.